The molecule has 0 aromatic carbocycles. The first-order chi connectivity index (χ1) is 8.72. The summed E-state index contributed by atoms with van der Waals surface area (Å²) in [6, 6.07) is 0. The van der Waals surface area contributed by atoms with Gasteiger partial charge in [-0.05, 0) is 37.6 Å². The summed E-state index contributed by atoms with van der Waals surface area (Å²) >= 11 is 0. The minimum Gasteiger partial charge on any atom is -0.385 e. The lowest BCUT2D eigenvalue weighted by molar-refractivity contribution is 0.199. The Morgan fingerprint density at radius 1 is 1.39 bits per heavy atom. The third kappa shape index (κ3) is 4.98. The van der Waals surface area contributed by atoms with Gasteiger partial charge < -0.3 is 10.5 Å². The molecule has 0 amide bonds. The van der Waals surface area contributed by atoms with Crippen LogP contribution in [0.25, 0.3) is 0 Å². The molecule has 18 heavy (non-hydrogen) atoms. The van der Waals surface area contributed by atoms with E-state index in [0.717, 1.165) is 24.5 Å². The molecule has 0 aromatic heterocycles. The van der Waals surface area contributed by atoms with Crippen molar-refractivity contribution in [2.75, 3.05) is 26.0 Å². The Labute approximate surface area is 114 Å². The van der Waals surface area contributed by atoms with Gasteiger partial charge in [0.2, 0.25) is 0 Å². The van der Waals surface area contributed by atoms with E-state index in [4.69, 9.17) is 10.5 Å². The van der Waals surface area contributed by atoms with E-state index >= 15 is 0 Å². The lowest BCUT2D eigenvalue weighted by Crippen LogP contribution is -2.38. The Hall–Kier alpha value is 0.0700. The van der Waals surface area contributed by atoms with E-state index in [1.165, 1.54) is 25.7 Å². The molecule has 4 heteroatoms. The maximum Gasteiger partial charge on any atom is 0.0471 e. The molecule has 4 atom stereocenters. The van der Waals surface area contributed by atoms with Crippen molar-refractivity contribution in [1.82, 2.24) is 0 Å². The van der Waals surface area contributed by atoms with Crippen LogP contribution in [0.2, 0.25) is 0 Å². The molecule has 2 N–H and O–H groups in total. The predicted molar refractivity (Wildman–Crippen MR) is 78.1 cm³/mol. The van der Waals surface area contributed by atoms with Gasteiger partial charge in [-0.1, -0.05) is 26.2 Å². The normalized spacial score (nSPS) is 30.3. The highest BCUT2D eigenvalue weighted by Gasteiger charge is 2.32. The van der Waals surface area contributed by atoms with Crippen LogP contribution in [0.3, 0.4) is 0 Å². The van der Waals surface area contributed by atoms with Gasteiger partial charge in [0, 0.05) is 35.5 Å². The quantitative estimate of drug-likeness (QED) is 0.692. The summed E-state index contributed by atoms with van der Waals surface area (Å²) < 4.78 is 17.4. The van der Waals surface area contributed by atoms with Crippen molar-refractivity contribution in [3.8, 4) is 0 Å². The van der Waals surface area contributed by atoms with Gasteiger partial charge in [-0.2, -0.15) is 0 Å². The summed E-state index contributed by atoms with van der Waals surface area (Å²) in [6.45, 7) is 3.64. The van der Waals surface area contributed by atoms with Crippen molar-refractivity contribution in [2.45, 2.75) is 50.7 Å². The van der Waals surface area contributed by atoms with Crippen LogP contribution in [-0.2, 0) is 15.5 Å². The first-order valence-electron chi connectivity index (χ1n) is 7.29. The molecule has 1 aliphatic carbocycles. The molecule has 1 aliphatic rings. The van der Waals surface area contributed by atoms with Gasteiger partial charge in [0.25, 0.3) is 0 Å². The smallest absolute Gasteiger partial charge is 0.0471 e. The Kier molecular flexibility index (Phi) is 8.11. The Balaban J connectivity index is 2.48. The molecule has 0 bridgehead atoms. The summed E-state index contributed by atoms with van der Waals surface area (Å²) in [7, 11) is 0.976. The summed E-state index contributed by atoms with van der Waals surface area (Å²) in [4.78, 5) is 0. The minimum atomic E-state index is -0.722. The molecule has 0 radical (unpaired) electrons. The fourth-order valence-electron chi connectivity index (χ4n) is 3.03. The highest BCUT2D eigenvalue weighted by atomic mass is 32.2. The van der Waals surface area contributed by atoms with Crippen LogP contribution < -0.4 is 5.73 Å². The van der Waals surface area contributed by atoms with Gasteiger partial charge in [-0.3, -0.25) is 4.21 Å². The number of ether oxygens (including phenoxy) is 1. The Morgan fingerprint density at radius 3 is 2.78 bits per heavy atom. The molecule has 1 rings (SSSR count). The molecular weight excluding hydrogens is 246 g/mol. The van der Waals surface area contributed by atoms with Gasteiger partial charge in [0.15, 0.2) is 0 Å². The van der Waals surface area contributed by atoms with E-state index in [-0.39, 0.29) is 0 Å². The van der Waals surface area contributed by atoms with Crippen molar-refractivity contribution in [2.24, 2.45) is 17.6 Å². The minimum absolute atomic E-state index is 0.331. The van der Waals surface area contributed by atoms with Crippen LogP contribution in [-0.4, -0.2) is 35.5 Å². The predicted octanol–water partition coefficient (Wildman–Crippen LogP) is 2.32. The molecule has 0 spiro atoms. The second-order valence-corrected chi connectivity index (χ2v) is 7.21. The first-order valence-corrected chi connectivity index (χ1v) is 8.67. The standard InChI is InChI=1S/C14H29NO2S/c1-3-5-12-6-7-13(11-15)14(10-12)18(16)9-4-8-17-2/h12-14H,3-11,15H2,1-2H3. The van der Waals surface area contributed by atoms with Gasteiger partial charge in [0.05, 0.1) is 0 Å². The van der Waals surface area contributed by atoms with Crippen LogP contribution >= 0.6 is 0 Å². The number of rotatable bonds is 8. The highest BCUT2D eigenvalue weighted by Crippen LogP contribution is 2.34. The van der Waals surface area contributed by atoms with E-state index in [0.29, 0.717) is 24.3 Å². The van der Waals surface area contributed by atoms with E-state index in [1.54, 1.807) is 7.11 Å². The Bertz CT molecular complexity index is 248. The zero-order valence-electron chi connectivity index (χ0n) is 11.9. The van der Waals surface area contributed by atoms with Crippen molar-refractivity contribution in [1.29, 1.82) is 0 Å². The Morgan fingerprint density at radius 2 is 2.17 bits per heavy atom. The molecular formula is C14H29NO2S. The van der Waals surface area contributed by atoms with Crippen LogP contribution in [0.1, 0.15) is 45.4 Å². The molecule has 4 unspecified atom stereocenters. The number of methoxy groups -OCH3 is 1. The van der Waals surface area contributed by atoms with E-state index in [2.05, 4.69) is 6.92 Å². The molecule has 1 saturated carbocycles. The van der Waals surface area contributed by atoms with Gasteiger partial charge in [-0.15, -0.1) is 0 Å². The zero-order chi connectivity index (χ0) is 13.4. The third-order valence-corrected chi connectivity index (χ3v) is 6.01. The molecule has 0 aliphatic heterocycles. The fraction of sp³-hybridized carbons (Fsp3) is 1.00. The van der Waals surface area contributed by atoms with Gasteiger partial charge in [0.1, 0.15) is 0 Å². The maximum absolute atomic E-state index is 12.4. The molecule has 0 heterocycles. The van der Waals surface area contributed by atoms with E-state index < -0.39 is 10.8 Å². The molecule has 3 nitrogen and oxygen atoms in total. The van der Waals surface area contributed by atoms with Gasteiger partial charge >= 0.3 is 0 Å². The lowest BCUT2D eigenvalue weighted by Gasteiger charge is -2.35. The van der Waals surface area contributed by atoms with Crippen LogP contribution in [0, 0.1) is 11.8 Å². The van der Waals surface area contributed by atoms with E-state index in [9.17, 15) is 4.21 Å². The molecule has 0 saturated heterocycles. The SMILES string of the molecule is CCCC1CCC(CN)C(S(=O)CCCOC)C1. The summed E-state index contributed by atoms with van der Waals surface area (Å²) in [5.74, 6) is 2.02. The monoisotopic (exact) mass is 275 g/mol. The molecule has 0 aromatic rings. The van der Waals surface area contributed by atoms with E-state index in [1.807, 2.05) is 0 Å². The summed E-state index contributed by atoms with van der Waals surface area (Å²) in [6.07, 6.45) is 6.98. The third-order valence-electron chi connectivity index (χ3n) is 4.07. The maximum atomic E-state index is 12.4. The number of hydrogen-bond acceptors (Lipinski definition) is 3. The number of hydrogen-bond donors (Lipinski definition) is 1. The highest BCUT2D eigenvalue weighted by molar-refractivity contribution is 7.85. The second-order valence-electron chi connectivity index (χ2n) is 5.43. The van der Waals surface area contributed by atoms with Crippen molar-refractivity contribution in [3.63, 3.8) is 0 Å². The topological polar surface area (TPSA) is 52.3 Å². The first kappa shape index (κ1) is 16.1. The van der Waals surface area contributed by atoms with Gasteiger partial charge in [-0.25, -0.2) is 0 Å². The summed E-state index contributed by atoms with van der Waals surface area (Å²) in [5.41, 5.74) is 5.85. The van der Waals surface area contributed by atoms with Crippen molar-refractivity contribution >= 4 is 10.8 Å². The number of nitrogens with two attached hydrogens (primary N) is 1. The van der Waals surface area contributed by atoms with Crippen LogP contribution in [0.4, 0.5) is 0 Å². The molecule has 108 valence electrons. The second kappa shape index (κ2) is 9.05. The van der Waals surface area contributed by atoms with Crippen molar-refractivity contribution in [3.05, 3.63) is 0 Å². The average molecular weight is 275 g/mol. The molecule has 1 fully saturated rings. The van der Waals surface area contributed by atoms with Crippen molar-refractivity contribution < 1.29 is 8.95 Å². The van der Waals surface area contributed by atoms with Crippen LogP contribution in [0.15, 0.2) is 0 Å². The zero-order valence-corrected chi connectivity index (χ0v) is 12.7. The van der Waals surface area contributed by atoms with Crippen LogP contribution in [0.5, 0.6) is 0 Å². The summed E-state index contributed by atoms with van der Waals surface area (Å²) in [5, 5.41) is 0.331. The largest absolute Gasteiger partial charge is 0.385 e. The average Bonchev–Trinajstić information content (AvgIpc) is 2.39. The fourth-order valence-corrected chi connectivity index (χ4v) is 4.90. The lowest BCUT2D eigenvalue weighted by atomic mass is 9.80.